The van der Waals surface area contributed by atoms with Crippen LogP contribution in [0.25, 0.3) is 11.1 Å². The second-order valence-corrected chi connectivity index (χ2v) is 11.3. The van der Waals surface area contributed by atoms with Crippen LogP contribution in [0.2, 0.25) is 0 Å². The van der Waals surface area contributed by atoms with Crippen LogP contribution in [0.3, 0.4) is 0 Å². The van der Waals surface area contributed by atoms with Crippen LogP contribution in [0.15, 0.2) is 52.3 Å². The van der Waals surface area contributed by atoms with E-state index in [1.807, 2.05) is 13.8 Å². The van der Waals surface area contributed by atoms with Crippen molar-refractivity contribution >= 4 is 32.8 Å². The first-order valence-corrected chi connectivity index (χ1v) is 14.7. The number of likely N-dealkylation sites (tertiary alicyclic amines) is 1. The van der Waals surface area contributed by atoms with Gasteiger partial charge in [0, 0.05) is 38.9 Å². The predicted octanol–water partition coefficient (Wildman–Crippen LogP) is 4.38. The molecule has 0 atom stereocenters. The fourth-order valence-electron chi connectivity index (χ4n) is 4.72. The van der Waals surface area contributed by atoms with Crippen molar-refractivity contribution in [3.05, 3.63) is 54.2 Å². The van der Waals surface area contributed by atoms with E-state index in [0.717, 1.165) is 31.5 Å². The molecule has 0 amide bonds. The van der Waals surface area contributed by atoms with Crippen LogP contribution in [0, 0.1) is 5.82 Å². The van der Waals surface area contributed by atoms with E-state index in [1.165, 1.54) is 12.5 Å². The van der Waals surface area contributed by atoms with Crippen molar-refractivity contribution in [1.29, 1.82) is 0 Å². The van der Waals surface area contributed by atoms with Gasteiger partial charge in [-0.2, -0.15) is 17.8 Å². The number of hydrogen-bond acceptors (Lipinski definition) is 9. The number of ether oxygens (including phenoxy) is 2. The summed E-state index contributed by atoms with van der Waals surface area (Å²) in [7, 11) is -2.18. The Balaban J connectivity index is 1.22. The number of anilines is 2. The van der Waals surface area contributed by atoms with Crippen LogP contribution in [0.1, 0.15) is 32.3 Å². The molecular weight excluding hydrogens is 539 g/mol. The third-order valence-corrected chi connectivity index (χ3v) is 7.85. The first kappa shape index (κ1) is 27.7. The summed E-state index contributed by atoms with van der Waals surface area (Å²) in [6, 6.07) is 9.05. The van der Waals surface area contributed by atoms with Gasteiger partial charge in [-0.1, -0.05) is 6.07 Å². The van der Waals surface area contributed by atoms with Gasteiger partial charge in [0.05, 0.1) is 25.2 Å². The molecule has 1 aliphatic heterocycles. The summed E-state index contributed by atoms with van der Waals surface area (Å²) in [5, 5.41) is 3.27. The minimum atomic E-state index is -3.88. The zero-order chi connectivity index (χ0) is 28.3. The van der Waals surface area contributed by atoms with Gasteiger partial charge in [-0.3, -0.25) is 9.62 Å². The first-order valence-electron chi connectivity index (χ1n) is 13.2. The lowest BCUT2D eigenvalue weighted by atomic mass is 10.0. The number of oxazole rings is 1. The van der Waals surface area contributed by atoms with Crippen molar-refractivity contribution in [2.45, 2.75) is 44.3 Å². The number of halogens is 1. The van der Waals surface area contributed by atoms with E-state index in [0.29, 0.717) is 36.9 Å². The Morgan fingerprint density at radius 3 is 2.45 bits per heavy atom. The zero-order valence-electron chi connectivity index (χ0n) is 22.7. The molecule has 1 saturated heterocycles. The number of fused-ring (bicyclic) bond motifs is 1. The van der Waals surface area contributed by atoms with Crippen molar-refractivity contribution < 1.29 is 26.7 Å². The Labute approximate surface area is 232 Å². The van der Waals surface area contributed by atoms with Crippen LogP contribution in [0.5, 0.6) is 11.5 Å². The number of benzene rings is 2. The molecule has 40 heavy (non-hydrogen) atoms. The van der Waals surface area contributed by atoms with Crippen molar-refractivity contribution in [3.8, 4) is 11.5 Å². The number of imidazole rings is 1. The Morgan fingerprint density at radius 1 is 1.12 bits per heavy atom. The highest BCUT2D eigenvalue weighted by atomic mass is 32.2. The molecular formula is C27H33FN6O5S. The molecule has 13 heteroatoms. The number of nitrogens with one attached hydrogen (secondary N) is 2. The molecule has 2 N–H and O–H groups in total. The summed E-state index contributed by atoms with van der Waals surface area (Å²) in [5.74, 6) is -0.0586. The quantitative estimate of drug-likeness (QED) is 0.270. The minimum absolute atomic E-state index is 0.0829. The lowest BCUT2D eigenvalue weighted by Crippen LogP contribution is -2.38. The van der Waals surface area contributed by atoms with Crippen molar-refractivity contribution in [2.24, 2.45) is 7.05 Å². The molecule has 2 aromatic carbocycles. The molecule has 0 unspecified atom stereocenters. The van der Waals surface area contributed by atoms with Gasteiger partial charge in [0.15, 0.2) is 22.1 Å². The van der Waals surface area contributed by atoms with Crippen LogP contribution in [-0.2, 0) is 23.6 Å². The maximum Gasteiger partial charge on any atom is 0.295 e. The lowest BCUT2D eigenvalue weighted by molar-refractivity contribution is 0.209. The second-order valence-electron chi connectivity index (χ2n) is 9.62. The van der Waals surface area contributed by atoms with E-state index < -0.39 is 15.8 Å². The van der Waals surface area contributed by atoms with E-state index in [9.17, 15) is 12.8 Å². The van der Waals surface area contributed by atoms with Gasteiger partial charge in [-0.15, -0.1) is 0 Å². The van der Waals surface area contributed by atoms with Gasteiger partial charge >= 0.3 is 0 Å². The second kappa shape index (κ2) is 11.7. The monoisotopic (exact) mass is 572 g/mol. The third kappa shape index (κ3) is 6.15. The van der Waals surface area contributed by atoms with E-state index in [2.05, 4.69) is 24.9 Å². The van der Waals surface area contributed by atoms with E-state index >= 15 is 0 Å². The molecule has 3 heterocycles. The molecule has 4 aromatic rings. The largest absolute Gasteiger partial charge is 0.491 e. The highest BCUT2D eigenvalue weighted by Crippen LogP contribution is 2.31. The normalized spacial score (nSPS) is 14.9. The molecule has 0 spiro atoms. The van der Waals surface area contributed by atoms with Gasteiger partial charge < -0.3 is 23.8 Å². The van der Waals surface area contributed by atoms with Crippen LogP contribution in [0.4, 0.5) is 16.1 Å². The van der Waals surface area contributed by atoms with E-state index in [4.69, 9.17) is 13.9 Å². The molecule has 0 radical (unpaired) electrons. The van der Waals surface area contributed by atoms with Gasteiger partial charge in [-0.05, 0) is 56.5 Å². The van der Waals surface area contributed by atoms with Crippen molar-refractivity contribution in [2.75, 3.05) is 36.3 Å². The summed E-state index contributed by atoms with van der Waals surface area (Å²) in [6.45, 7) is 6.67. The van der Waals surface area contributed by atoms with Crippen LogP contribution in [-0.4, -0.2) is 60.2 Å². The SMILES string of the molecule is CCOc1cc(CN2CCC(Nc3nc4cccc(NS(=O)(=O)c5cn(C)cn5)c4o3)CC2)cc(OCC)c1F. The molecule has 5 rings (SSSR count). The predicted molar refractivity (Wildman–Crippen MR) is 149 cm³/mol. The Hall–Kier alpha value is -3.84. The molecule has 2 aromatic heterocycles. The van der Waals surface area contributed by atoms with Crippen LogP contribution >= 0.6 is 0 Å². The number of sulfonamides is 1. The molecule has 0 bridgehead atoms. The summed E-state index contributed by atoms with van der Waals surface area (Å²) in [4.78, 5) is 10.7. The number of aryl methyl sites for hydroxylation is 1. The average molecular weight is 573 g/mol. The number of rotatable bonds is 11. The topological polar surface area (TPSA) is 124 Å². The highest BCUT2D eigenvalue weighted by molar-refractivity contribution is 7.92. The van der Waals surface area contributed by atoms with Gasteiger partial charge in [-0.25, -0.2) is 4.98 Å². The fraction of sp³-hybridized carbons (Fsp3) is 0.407. The summed E-state index contributed by atoms with van der Waals surface area (Å²) < 4.78 is 61.1. The maximum absolute atomic E-state index is 14.6. The smallest absolute Gasteiger partial charge is 0.295 e. The van der Waals surface area contributed by atoms with Crippen LogP contribution < -0.4 is 19.5 Å². The summed E-state index contributed by atoms with van der Waals surface area (Å²) in [6.07, 6.45) is 4.53. The number of hydrogen-bond donors (Lipinski definition) is 2. The Bertz CT molecular complexity index is 1550. The van der Waals surface area contributed by atoms with Crippen molar-refractivity contribution in [3.63, 3.8) is 0 Å². The van der Waals surface area contributed by atoms with Gasteiger partial charge in [0.25, 0.3) is 16.0 Å². The lowest BCUT2D eigenvalue weighted by Gasteiger charge is -2.32. The number of aromatic nitrogens is 3. The number of piperidine rings is 1. The molecule has 11 nitrogen and oxygen atoms in total. The fourth-order valence-corrected chi connectivity index (χ4v) is 5.77. The van der Waals surface area contributed by atoms with Gasteiger partial charge in [0.2, 0.25) is 5.82 Å². The molecule has 1 fully saturated rings. The standard InChI is InChI=1S/C27H33FN6O5S/c1-4-37-22-13-18(14-23(25(22)28)38-5-2)15-34-11-9-19(10-12-34)30-27-31-20-7-6-8-21(26(20)39-27)32-40(35,36)24-16-33(3)17-29-24/h6-8,13-14,16-17,19,32H,4-5,9-12,15H2,1-3H3,(H,30,31). The summed E-state index contributed by atoms with van der Waals surface area (Å²) >= 11 is 0. The van der Waals surface area contributed by atoms with Gasteiger partial charge in [0.1, 0.15) is 5.52 Å². The first-order chi connectivity index (χ1) is 19.3. The van der Waals surface area contributed by atoms with Crippen molar-refractivity contribution in [1.82, 2.24) is 19.4 Å². The van der Waals surface area contributed by atoms with E-state index in [1.54, 1.807) is 41.9 Å². The zero-order valence-corrected chi connectivity index (χ0v) is 23.5. The molecule has 0 saturated carbocycles. The molecule has 0 aliphatic carbocycles. The maximum atomic E-state index is 14.6. The average Bonchev–Trinajstić information content (AvgIpc) is 3.55. The Kier molecular flexibility index (Phi) is 8.12. The minimum Gasteiger partial charge on any atom is -0.491 e. The molecule has 214 valence electrons. The third-order valence-electron chi connectivity index (χ3n) is 6.60. The van der Waals surface area contributed by atoms with E-state index in [-0.39, 0.29) is 28.3 Å². The highest BCUT2D eigenvalue weighted by Gasteiger charge is 2.24. The molecule has 1 aliphatic rings. The number of para-hydroxylation sites is 1. The Morgan fingerprint density at radius 2 is 1.82 bits per heavy atom. The number of nitrogens with zero attached hydrogens (tertiary/aromatic N) is 4. The summed E-state index contributed by atoms with van der Waals surface area (Å²) in [5.41, 5.74) is 2.09.